The standard InChI is InChI=1S/C16H26N2O2/c17-10-15-14(11-19)13-8-4-5-9-16(13)20-18(15)12-6-2-1-3-7-12/h12-16,19H,1-9,11H2. The zero-order valence-electron chi connectivity index (χ0n) is 12.2. The lowest BCUT2D eigenvalue weighted by molar-refractivity contribution is -0.304. The summed E-state index contributed by atoms with van der Waals surface area (Å²) in [4.78, 5) is 6.27. The van der Waals surface area contributed by atoms with Crippen LogP contribution in [0.1, 0.15) is 57.8 Å². The minimum atomic E-state index is -0.262. The molecular formula is C16H26N2O2. The number of hydrogen-bond donors (Lipinski definition) is 1. The maximum atomic E-state index is 9.81. The Labute approximate surface area is 121 Å². The van der Waals surface area contributed by atoms with Gasteiger partial charge in [0.05, 0.1) is 12.2 Å². The summed E-state index contributed by atoms with van der Waals surface area (Å²) in [6.07, 6.45) is 10.9. The van der Waals surface area contributed by atoms with Crippen molar-refractivity contribution in [3.05, 3.63) is 0 Å². The maximum absolute atomic E-state index is 9.81. The highest BCUT2D eigenvalue weighted by molar-refractivity contribution is 5.03. The second-order valence-electron chi connectivity index (χ2n) is 6.66. The van der Waals surface area contributed by atoms with E-state index in [1.807, 2.05) is 5.06 Å². The first kappa shape index (κ1) is 14.3. The van der Waals surface area contributed by atoms with E-state index in [2.05, 4.69) is 6.07 Å². The number of rotatable bonds is 2. The summed E-state index contributed by atoms with van der Waals surface area (Å²) in [5.74, 6) is 0.444. The minimum Gasteiger partial charge on any atom is -0.396 e. The molecule has 2 aliphatic carbocycles. The van der Waals surface area contributed by atoms with Crippen LogP contribution in [-0.4, -0.2) is 35.0 Å². The Morgan fingerprint density at radius 3 is 2.45 bits per heavy atom. The van der Waals surface area contributed by atoms with Crippen molar-refractivity contribution in [1.29, 1.82) is 5.26 Å². The monoisotopic (exact) mass is 278 g/mol. The summed E-state index contributed by atoms with van der Waals surface area (Å²) in [6, 6.07) is 2.54. The highest BCUT2D eigenvalue weighted by Crippen LogP contribution is 2.42. The fourth-order valence-electron chi connectivity index (χ4n) is 4.43. The van der Waals surface area contributed by atoms with E-state index in [0.717, 1.165) is 25.7 Å². The van der Waals surface area contributed by atoms with Gasteiger partial charge in [0.2, 0.25) is 0 Å². The van der Waals surface area contributed by atoms with E-state index >= 15 is 0 Å². The summed E-state index contributed by atoms with van der Waals surface area (Å²) in [6.45, 7) is 0.117. The van der Waals surface area contributed by atoms with Crippen LogP contribution in [0.5, 0.6) is 0 Å². The van der Waals surface area contributed by atoms with E-state index in [1.165, 1.54) is 32.1 Å². The smallest absolute Gasteiger partial charge is 0.127 e. The van der Waals surface area contributed by atoms with Crippen molar-refractivity contribution in [2.75, 3.05) is 6.61 Å². The minimum absolute atomic E-state index is 0.0703. The van der Waals surface area contributed by atoms with Gasteiger partial charge in [-0.3, -0.25) is 4.84 Å². The van der Waals surface area contributed by atoms with E-state index in [1.54, 1.807) is 0 Å². The molecule has 3 rings (SSSR count). The van der Waals surface area contributed by atoms with Crippen molar-refractivity contribution in [3.8, 4) is 6.07 Å². The molecule has 0 bridgehead atoms. The Kier molecular flexibility index (Phi) is 4.60. The largest absolute Gasteiger partial charge is 0.396 e. The molecular weight excluding hydrogens is 252 g/mol. The normalized spacial score (nSPS) is 40.0. The molecule has 4 atom stereocenters. The average molecular weight is 278 g/mol. The SMILES string of the molecule is N#CC1C(CO)C2CCCCC2ON1C1CCCCC1. The third kappa shape index (κ3) is 2.59. The Hall–Kier alpha value is -0.630. The van der Waals surface area contributed by atoms with Crippen LogP contribution in [0, 0.1) is 23.2 Å². The lowest BCUT2D eigenvalue weighted by Gasteiger charge is -2.50. The predicted molar refractivity (Wildman–Crippen MR) is 75.5 cm³/mol. The summed E-state index contributed by atoms with van der Waals surface area (Å²) < 4.78 is 0. The topological polar surface area (TPSA) is 56.5 Å². The van der Waals surface area contributed by atoms with Crippen LogP contribution in [0.25, 0.3) is 0 Å². The fourth-order valence-corrected chi connectivity index (χ4v) is 4.43. The van der Waals surface area contributed by atoms with Crippen LogP contribution in [0.3, 0.4) is 0 Å². The maximum Gasteiger partial charge on any atom is 0.127 e. The van der Waals surface area contributed by atoms with Crippen LogP contribution in [0.2, 0.25) is 0 Å². The number of hydrogen-bond acceptors (Lipinski definition) is 4. The van der Waals surface area contributed by atoms with Crippen molar-refractivity contribution < 1.29 is 9.94 Å². The van der Waals surface area contributed by atoms with E-state index in [9.17, 15) is 10.4 Å². The number of aliphatic hydroxyl groups is 1. The molecule has 20 heavy (non-hydrogen) atoms. The van der Waals surface area contributed by atoms with E-state index in [4.69, 9.17) is 4.84 Å². The van der Waals surface area contributed by atoms with Gasteiger partial charge >= 0.3 is 0 Å². The molecule has 4 heteroatoms. The summed E-state index contributed by atoms with van der Waals surface area (Å²) in [5.41, 5.74) is 0. The Bertz CT molecular complexity index is 362. The molecule has 112 valence electrons. The molecule has 1 heterocycles. The van der Waals surface area contributed by atoms with Gasteiger partial charge in [0.1, 0.15) is 6.04 Å². The van der Waals surface area contributed by atoms with Crippen LogP contribution >= 0.6 is 0 Å². The van der Waals surface area contributed by atoms with Gasteiger partial charge in [-0.1, -0.05) is 32.1 Å². The molecule has 0 aromatic heterocycles. The molecule has 0 aromatic rings. The summed E-state index contributed by atoms with van der Waals surface area (Å²) in [5, 5.41) is 21.4. The van der Waals surface area contributed by atoms with Crippen LogP contribution in [-0.2, 0) is 4.84 Å². The number of hydroxylamine groups is 2. The quantitative estimate of drug-likeness (QED) is 0.843. The van der Waals surface area contributed by atoms with Gasteiger partial charge in [-0.15, -0.1) is 0 Å². The number of nitrogens with zero attached hydrogens (tertiary/aromatic N) is 2. The fraction of sp³-hybridized carbons (Fsp3) is 0.938. The zero-order chi connectivity index (χ0) is 13.9. The predicted octanol–water partition coefficient (Wildman–Crippen LogP) is 2.63. The van der Waals surface area contributed by atoms with Crippen LogP contribution in [0.4, 0.5) is 0 Å². The third-order valence-electron chi connectivity index (χ3n) is 5.52. The Balaban J connectivity index is 1.79. The molecule has 1 saturated heterocycles. The molecule has 0 aromatic carbocycles. The number of nitriles is 1. The second-order valence-corrected chi connectivity index (χ2v) is 6.66. The molecule has 0 radical (unpaired) electrons. The Morgan fingerprint density at radius 2 is 1.75 bits per heavy atom. The van der Waals surface area contributed by atoms with Gasteiger partial charge in [0, 0.05) is 18.6 Å². The third-order valence-corrected chi connectivity index (χ3v) is 5.52. The van der Waals surface area contributed by atoms with Gasteiger partial charge in [0.15, 0.2) is 0 Å². The van der Waals surface area contributed by atoms with Crippen molar-refractivity contribution in [2.24, 2.45) is 11.8 Å². The summed E-state index contributed by atoms with van der Waals surface area (Å²) in [7, 11) is 0. The van der Waals surface area contributed by atoms with Gasteiger partial charge in [-0.05, 0) is 31.6 Å². The Morgan fingerprint density at radius 1 is 1.05 bits per heavy atom. The summed E-state index contributed by atoms with van der Waals surface area (Å²) >= 11 is 0. The zero-order valence-corrected chi connectivity index (χ0v) is 12.2. The molecule has 3 fully saturated rings. The van der Waals surface area contributed by atoms with Crippen molar-refractivity contribution in [2.45, 2.75) is 76.0 Å². The van der Waals surface area contributed by atoms with Gasteiger partial charge in [0.25, 0.3) is 0 Å². The molecule has 0 spiro atoms. The van der Waals surface area contributed by atoms with Crippen molar-refractivity contribution in [1.82, 2.24) is 5.06 Å². The first-order valence-electron chi connectivity index (χ1n) is 8.30. The van der Waals surface area contributed by atoms with Gasteiger partial charge < -0.3 is 5.11 Å². The first-order chi connectivity index (χ1) is 9.85. The number of fused-ring (bicyclic) bond motifs is 1. The van der Waals surface area contributed by atoms with E-state index in [0.29, 0.717) is 12.0 Å². The molecule has 4 nitrogen and oxygen atoms in total. The number of aliphatic hydroxyl groups excluding tert-OH is 1. The molecule has 2 saturated carbocycles. The second kappa shape index (κ2) is 6.43. The lowest BCUT2D eigenvalue weighted by atomic mass is 9.73. The molecule has 3 aliphatic rings. The van der Waals surface area contributed by atoms with Crippen LogP contribution in [0.15, 0.2) is 0 Å². The molecule has 1 aliphatic heterocycles. The van der Waals surface area contributed by atoms with E-state index in [-0.39, 0.29) is 24.7 Å². The first-order valence-corrected chi connectivity index (χ1v) is 8.30. The highest BCUT2D eigenvalue weighted by atomic mass is 16.7. The average Bonchev–Trinajstić information content (AvgIpc) is 2.53. The highest BCUT2D eigenvalue weighted by Gasteiger charge is 2.47. The van der Waals surface area contributed by atoms with Crippen molar-refractivity contribution >= 4 is 0 Å². The van der Waals surface area contributed by atoms with Gasteiger partial charge in [-0.2, -0.15) is 10.3 Å². The van der Waals surface area contributed by atoms with Gasteiger partial charge in [-0.25, -0.2) is 0 Å². The lowest BCUT2D eigenvalue weighted by Crippen LogP contribution is -2.58. The van der Waals surface area contributed by atoms with Crippen LogP contribution < -0.4 is 0 Å². The van der Waals surface area contributed by atoms with Crippen molar-refractivity contribution in [3.63, 3.8) is 0 Å². The molecule has 0 amide bonds. The molecule has 4 unspecified atom stereocenters. The van der Waals surface area contributed by atoms with E-state index < -0.39 is 0 Å². The molecule has 1 N–H and O–H groups in total.